The fraction of sp³-hybridized carbons (Fsp3) is 0.522. The summed E-state index contributed by atoms with van der Waals surface area (Å²) >= 11 is 5.60. The maximum Gasteiger partial charge on any atom is 0.293 e. The second-order valence-electron chi connectivity index (χ2n) is 7.80. The van der Waals surface area contributed by atoms with Crippen LogP contribution in [-0.2, 0) is 4.74 Å². The highest BCUT2D eigenvalue weighted by Crippen LogP contribution is 2.24. The number of nitrogens with zero attached hydrogens (tertiary/aromatic N) is 3. The first-order valence-corrected chi connectivity index (χ1v) is 11.2. The van der Waals surface area contributed by atoms with Crippen molar-refractivity contribution in [1.29, 1.82) is 5.26 Å². The van der Waals surface area contributed by atoms with Gasteiger partial charge >= 0.3 is 0 Å². The summed E-state index contributed by atoms with van der Waals surface area (Å²) in [7, 11) is 0. The van der Waals surface area contributed by atoms with Crippen molar-refractivity contribution < 1.29 is 9.72 Å². The third-order valence-corrected chi connectivity index (χ3v) is 5.90. The number of aryl methyl sites for hydroxylation is 2. The molecule has 1 aromatic carbocycles. The first kappa shape index (κ1) is 22.3. The van der Waals surface area contributed by atoms with E-state index in [4.69, 9.17) is 17.0 Å². The number of fused-ring (bicyclic) bond motifs is 1. The first-order valence-electron chi connectivity index (χ1n) is 10.8. The maximum atomic E-state index is 9.78. The van der Waals surface area contributed by atoms with Gasteiger partial charge in [-0.15, -0.1) is 0 Å². The Labute approximate surface area is 184 Å². The van der Waals surface area contributed by atoms with Crippen LogP contribution >= 0.6 is 12.2 Å². The molecule has 0 saturated carbocycles. The van der Waals surface area contributed by atoms with Gasteiger partial charge < -0.3 is 15.0 Å². The zero-order chi connectivity index (χ0) is 21.5. The van der Waals surface area contributed by atoms with Gasteiger partial charge in [-0.2, -0.15) is 5.26 Å². The molecule has 0 unspecified atom stereocenters. The number of anilines is 1. The first-order chi connectivity index (χ1) is 14.5. The summed E-state index contributed by atoms with van der Waals surface area (Å²) in [6, 6.07) is 8.71. The van der Waals surface area contributed by atoms with E-state index < -0.39 is 0 Å². The van der Waals surface area contributed by atoms with Crippen LogP contribution in [0, 0.1) is 25.2 Å². The lowest BCUT2D eigenvalue weighted by Gasteiger charge is -2.23. The van der Waals surface area contributed by atoms with Crippen molar-refractivity contribution >= 4 is 34.1 Å². The van der Waals surface area contributed by atoms with Crippen LogP contribution in [0.2, 0.25) is 0 Å². The zero-order valence-electron chi connectivity index (χ0n) is 18.3. The summed E-state index contributed by atoms with van der Waals surface area (Å²) in [5.74, 6) is 0.910. The third-order valence-electron chi connectivity index (χ3n) is 5.49. The van der Waals surface area contributed by atoms with Crippen LogP contribution in [0.25, 0.3) is 10.9 Å². The van der Waals surface area contributed by atoms with Crippen LogP contribution in [0.1, 0.15) is 36.5 Å². The number of aromatic amines is 1. The molecule has 1 fully saturated rings. The summed E-state index contributed by atoms with van der Waals surface area (Å²) in [4.78, 5) is 8.06. The van der Waals surface area contributed by atoms with Gasteiger partial charge in [0, 0.05) is 38.1 Å². The Kier molecular flexibility index (Phi) is 7.83. The number of aromatic nitrogens is 1. The second kappa shape index (κ2) is 10.6. The van der Waals surface area contributed by atoms with Crippen molar-refractivity contribution in [2.45, 2.75) is 33.6 Å². The molecule has 2 N–H and O–H groups in total. The van der Waals surface area contributed by atoms with Gasteiger partial charge in [0.05, 0.1) is 13.1 Å². The standard InChI is InChI=1S/C23H31N5OS/c1-4-29-12-5-7-25-23(30)28-9-6-8-27(10-11-28)22-19(16-24)15-20-18(3)13-17(2)14-21(20)26-22/h13-15H,4-12H2,1-3H3,(H,25,30)/p+1. The number of H-pyrrole nitrogens is 1. The molecule has 0 bridgehead atoms. The van der Waals surface area contributed by atoms with E-state index in [0.717, 1.165) is 80.6 Å². The van der Waals surface area contributed by atoms with E-state index in [1.807, 2.05) is 13.0 Å². The number of benzene rings is 1. The largest absolute Gasteiger partial charge is 0.382 e. The quantitative estimate of drug-likeness (QED) is 0.566. The highest BCUT2D eigenvalue weighted by Gasteiger charge is 2.26. The van der Waals surface area contributed by atoms with Gasteiger partial charge in [0.2, 0.25) is 0 Å². The molecule has 30 heavy (non-hydrogen) atoms. The predicted octanol–water partition coefficient (Wildman–Crippen LogP) is 2.96. The fourth-order valence-electron chi connectivity index (χ4n) is 3.99. The van der Waals surface area contributed by atoms with E-state index in [-0.39, 0.29) is 0 Å². The number of hydrogen-bond acceptors (Lipinski definition) is 4. The van der Waals surface area contributed by atoms with E-state index >= 15 is 0 Å². The zero-order valence-corrected chi connectivity index (χ0v) is 19.1. The van der Waals surface area contributed by atoms with Gasteiger partial charge in [-0.05, 0) is 62.7 Å². The van der Waals surface area contributed by atoms with Crippen LogP contribution in [0.3, 0.4) is 0 Å². The molecule has 2 aromatic rings. The van der Waals surface area contributed by atoms with E-state index in [1.54, 1.807) is 0 Å². The lowest BCUT2D eigenvalue weighted by atomic mass is 10.0. The van der Waals surface area contributed by atoms with Gasteiger partial charge in [-0.3, -0.25) is 4.90 Å². The van der Waals surface area contributed by atoms with Crippen LogP contribution < -0.4 is 15.2 Å². The molecule has 1 saturated heterocycles. The molecule has 3 rings (SSSR count). The van der Waals surface area contributed by atoms with Gasteiger partial charge in [0.15, 0.2) is 5.11 Å². The summed E-state index contributed by atoms with van der Waals surface area (Å²) in [5.41, 5.74) is 4.18. The van der Waals surface area contributed by atoms with Crippen LogP contribution in [0.15, 0.2) is 18.2 Å². The van der Waals surface area contributed by atoms with Crippen LogP contribution in [-0.4, -0.2) is 55.9 Å². The minimum atomic E-state index is 0.694. The average Bonchev–Trinajstić information content (AvgIpc) is 2.99. The summed E-state index contributed by atoms with van der Waals surface area (Å²) in [5, 5.41) is 15.0. The minimum Gasteiger partial charge on any atom is -0.382 e. The topological polar surface area (TPSA) is 65.7 Å². The molecule has 7 heteroatoms. The van der Waals surface area contributed by atoms with E-state index in [2.05, 4.69) is 52.2 Å². The van der Waals surface area contributed by atoms with Crippen molar-refractivity contribution in [2.24, 2.45) is 0 Å². The number of hydrogen-bond donors (Lipinski definition) is 1. The molecular weight excluding hydrogens is 394 g/mol. The Morgan fingerprint density at radius 3 is 2.83 bits per heavy atom. The summed E-state index contributed by atoms with van der Waals surface area (Å²) in [6.45, 7) is 12.0. The van der Waals surface area contributed by atoms with Crippen LogP contribution in [0.5, 0.6) is 0 Å². The molecule has 0 amide bonds. The Morgan fingerprint density at radius 2 is 2.07 bits per heavy atom. The van der Waals surface area contributed by atoms with Gasteiger partial charge in [0.25, 0.3) is 5.82 Å². The molecule has 0 radical (unpaired) electrons. The molecule has 0 atom stereocenters. The predicted molar refractivity (Wildman–Crippen MR) is 125 cm³/mol. The Hall–Kier alpha value is -2.43. The van der Waals surface area contributed by atoms with Crippen molar-refractivity contribution in [3.8, 4) is 6.07 Å². The monoisotopic (exact) mass is 426 g/mol. The van der Waals surface area contributed by atoms with Crippen LogP contribution in [0.4, 0.5) is 5.82 Å². The fourth-order valence-corrected chi connectivity index (χ4v) is 4.27. The number of thiocarbonyl (C=S) groups is 1. The lowest BCUT2D eigenvalue weighted by molar-refractivity contribution is -0.330. The molecule has 2 heterocycles. The van der Waals surface area contributed by atoms with Crippen molar-refractivity contribution in [2.75, 3.05) is 50.8 Å². The van der Waals surface area contributed by atoms with Gasteiger partial charge in [-0.25, -0.2) is 4.98 Å². The normalized spacial score (nSPS) is 14.5. The minimum absolute atomic E-state index is 0.694. The van der Waals surface area contributed by atoms with Crippen molar-refractivity contribution in [3.63, 3.8) is 0 Å². The summed E-state index contributed by atoms with van der Waals surface area (Å²) < 4.78 is 5.38. The number of rotatable bonds is 6. The highest BCUT2D eigenvalue weighted by atomic mass is 32.1. The Morgan fingerprint density at radius 1 is 1.23 bits per heavy atom. The van der Waals surface area contributed by atoms with Crippen molar-refractivity contribution in [3.05, 3.63) is 34.9 Å². The third kappa shape index (κ3) is 5.38. The molecule has 0 spiro atoms. The maximum absolute atomic E-state index is 9.78. The molecule has 160 valence electrons. The Balaban J connectivity index is 1.70. The second-order valence-corrected chi connectivity index (χ2v) is 8.18. The smallest absolute Gasteiger partial charge is 0.293 e. The van der Waals surface area contributed by atoms with E-state index in [1.165, 1.54) is 11.1 Å². The van der Waals surface area contributed by atoms with Gasteiger partial charge in [-0.1, -0.05) is 6.07 Å². The number of nitriles is 1. The molecule has 6 nitrogen and oxygen atoms in total. The number of nitrogens with one attached hydrogen (secondary N) is 2. The average molecular weight is 427 g/mol. The number of ether oxygens (including phenoxy) is 1. The van der Waals surface area contributed by atoms with Gasteiger partial charge in [0.1, 0.15) is 23.7 Å². The lowest BCUT2D eigenvalue weighted by Crippen LogP contribution is -2.42. The molecule has 1 aromatic heterocycles. The molecule has 1 aliphatic heterocycles. The van der Waals surface area contributed by atoms with E-state index in [9.17, 15) is 5.26 Å². The Bertz CT molecular complexity index is 939. The summed E-state index contributed by atoms with van der Waals surface area (Å²) in [6.07, 6.45) is 1.94. The highest BCUT2D eigenvalue weighted by molar-refractivity contribution is 7.80. The number of pyridine rings is 1. The molecule has 1 aliphatic rings. The molecule has 0 aliphatic carbocycles. The van der Waals surface area contributed by atoms with Crippen molar-refractivity contribution in [1.82, 2.24) is 10.2 Å². The van der Waals surface area contributed by atoms with E-state index in [0.29, 0.717) is 5.56 Å². The SMILES string of the molecule is CCOCCCNC(=S)N1CCCN(c2[nH+]c3cc(C)cc(C)c3cc2C#N)CC1. The molecular formula is C23H32N5OS+.